The molecular formula is C14H15N3O3. The predicted molar refractivity (Wildman–Crippen MR) is 72.6 cm³/mol. The summed E-state index contributed by atoms with van der Waals surface area (Å²) in [5.74, 6) is -1.24. The van der Waals surface area contributed by atoms with Crippen molar-refractivity contribution in [1.82, 2.24) is 15.1 Å². The van der Waals surface area contributed by atoms with Crippen LogP contribution in [-0.2, 0) is 6.54 Å². The molecule has 104 valence electrons. The molecular weight excluding hydrogens is 258 g/mol. The highest BCUT2D eigenvalue weighted by molar-refractivity contribution is 5.95. The second-order valence-electron chi connectivity index (χ2n) is 4.49. The predicted octanol–water partition coefficient (Wildman–Crippen LogP) is 1.40. The zero-order valence-electron chi connectivity index (χ0n) is 11.0. The summed E-state index contributed by atoms with van der Waals surface area (Å²) in [6, 6.07) is 7.56. The Morgan fingerprint density at radius 1 is 1.30 bits per heavy atom. The largest absolute Gasteiger partial charge is 0.478 e. The van der Waals surface area contributed by atoms with Crippen molar-refractivity contribution in [2.75, 3.05) is 0 Å². The second kappa shape index (κ2) is 6.01. The summed E-state index contributed by atoms with van der Waals surface area (Å²) in [6.07, 6.45) is 3.50. The highest BCUT2D eigenvalue weighted by Crippen LogP contribution is 2.05. The van der Waals surface area contributed by atoms with Crippen LogP contribution in [0.15, 0.2) is 42.7 Å². The number of hydrogen-bond acceptors (Lipinski definition) is 3. The lowest BCUT2D eigenvalue weighted by molar-refractivity contribution is 0.0696. The number of carbonyl (C=O) groups excluding carboxylic acids is 1. The van der Waals surface area contributed by atoms with Gasteiger partial charge in [-0.3, -0.25) is 9.48 Å². The summed E-state index contributed by atoms with van der Waals surface area (Å²) in [5.41, 5.74) is 0.591. The van der Waals surface area contributed by atoms with Crippen LogP contribution in [0.1, 0.15) is 27.6 Å². The minimum Gasteiger partial charge on any atom is -0.478 e. The molecule has 1 unspecified atom stereocenters. The van der Waals surface area contributed by atoms with E-state index in [1.165, 1.54) is 24.3 Å². The molecule has 6 nitrogen and oxygen atoms in total. The zero-order valence-corrected chi connectivity index (χ0v) is 11.0. The summed E-state index contributed by atoms with van der Waals surface area (Å²) in [7, 11) is 0. The van der Waals surface area contributed by atoms with Gasteiger partial charge in [0.05, 0.1) is 12.1 Å². The molecule has 0 saturated heterocycles. The van der Waals surface area contributed by atoms with E-state index < -0.39 is 5.97 Å². The van der Waals surface area contributed by atoms with E-state index in [0.29, 0.717) is 12.1 Å². The Balaban J connectivity index is 1.95. The Hall–Kier alpha value is -2.63. The van der Waals surface area contributed by atoms with Gasteiger partial charge in [-0.15, -0.1) is 0 Å². The van der Waals surface area contributed by atoms with Crippen LogP contribution in [-0.4, -0.2) is 32.8 Å². The number of carbonyl (C=O) groups is 2. The maximum Gasteiger partial charge on any atom is 0.335 e. The van der Waals surface area contributed by atoms with Crippen LogP contribution in [0.3, 0.4) is 0 Å². The zero-order chi connectivity index (χ0) is 14.5. The lowest BCUT2D eigenvalue weighted by Crippen LogP contribution is -2.35. The highest BCUT2D eigenvalue weighted by atomic mass is 16.4. The molecule has 1 atom stereocenters. The van der Waals surface area contributed by atoms with Crippen molar-refractivity contribution in [3.8, 4) is 0 Å². The van der Waals surface area contributed by atoms with Gasteiger partial charge in [-0.1, -0.05) is 0 Å². The number of aromatic nitrogens is 2. The number of rotatable bonds is 5. The molecule has 0 spiro atoms. The molecule has 0 radical (unpaired) electrons. The molecule has 1 aromatic carbocycles. The van der Waals surface area contributed by atoms with Gasteiger partial charge in [0.1, 0.15) is 0 Å². The standard InChI is InChI=1S/C14H15N3O3/c1-10(9-17-8-2-7-15-17)16-13(18)11-3-5-12(6-4-11)14(19)20/h2-8,10H,9H2,1H3,(H,16,18)(H,19,20). The van der Waals surface area contributed by atoms with Crippen molar-refractivity contribution in [3.63, 3.8) is 0 Å². The minimum atomic E-state index is -1.01. The van der Waals surface area contributed by atoms with Crippen LogP contribution in [0.5, 0.6) is 0 Å². The Morgan fingerprint density at radius 3 is 2.50 bits per heavy atom. The van der Waals surface area contributed by atoms with E-state index in [9.17, 15) is 9.59 Å². The molecule has 2 rings (SSSR count). The third-order valence-electron chi connectivity index (χ3n) is 2.79. The number of aromatic carboxylic acids is 1. The topological polar surface area (TPSA) is 84.2 Å². The quantitative estimate of drug-likeness (QED) is 0.862. The number of carboxylic acid groups (broad SMARTS) is 1. The fourth-order valence-corrected chi connectivity index (χ4v) is 1.81. The van der Waals surface area contributed by atoms with Crippen molar-refractivity contribution in [1.29, 1.82) is 0 Å². The third kappa shape index (κ3) is 3.44. The van der Waals surface area contributed by atoms with Gasteiger partial charge in [0.2, 0.25) is 0 Å². The van der Waals surface area contributed by atoms with E-state index >= 15 is 0 Å². The van der Waals surface area contributed by atoms with E-state index in [2.05, 4.69) is 10.4 Å². The first-order chi connectivity index (χ1) is 9.56. The van der Waals surface area contributed by atoms with Gasteiger partial charge >= 0.3 is 5.97 Å². The summed E-state index contributed by atoms with van der Waals surface area (Å²) in [6.45, 7) is 2.46. The lowest BCUT2D eigenvalue weighted by atomic mass is 10.1. The van der Waals surface area contributed by atoms with Crippen molar-refractivity contribution < 1.29 is 14.7 Å². The fraction of sp³-hybridized carbons (Fsp3) is 0.214. The Labute approximate surface area is 116 Å². The van der Waals surface area contributed by atoms with Gasteiger partial charge in [0.25, 0.3) is 5.91 Å². The molecule has 20 heavy (non-hydrogen) atoms. The molecule has 0 bridgehead atoms. The van der Waals surface area contributed by atoms with Gasteiger partial charge in [-0.05, 0) is 37.3 Å². The molecule has 0 fully saturated rings. The maximum absolute atomic E-state index is 12.0. The van der Waals surface area contributed by atoms with Crippen molar-refractivity contribution in [2.45, 2.75) is 19.5 Å². The van der Waals surface area contributed by atoms with E-state index in [1.807, 2.05) is 19.2 Å². The van der Waals surface area contributed by atoms with E-state index in [0.717, 1.165) is 0 Å². The summed E-state index contributed by atoms with van der Waals surface area (Å²) < 4.78 is 1.73. The summed E-state index contributed by atoms with van der Waals surface area (Å²) >= 11 is 0. The molecule has 2 aromatic rings. The minimum absolute atomic E-state index is 0.0819. The van der Waals surface area contributed by atoms with Crippen LogP contribution >= 0.6 is 0 Å². The van der Waals surface area contributed by atoms with Crippen molar-refractivity contribution in [3.05, 3.63) is 53.9 Å². The summed E-state index contributed by atoms with van der Waals surface area (Å²) in [5, 5.41) is 15.7. The average Bonchev–Trinajstić information content (AvgIpc) is 2.91. The molecule has 0 aliphatic rings. The average molecular weight is 273 g/mol. The molecule has 1 aromatic heterocycles. The van der Waals surface area contributed by atoms with Gasteiger partial charge in [0, 0.05) is 24.0 Å². The second-order valence-corrected chi connectivity index (χ2v) is 4.49. The van der Waals surface area contributed by atoms with Gasteiger partial charge < -0.3 is 10.4 Å². The Kier molecular flexibility index (Phi) is 4.14. The lowest BCUT2D eigenvalue weighted by Gasteiger charge is -2.14. The fourth-order valence-electron chi connectivity index (χ4n) is 1.81. The molecule has 1 amide bonds. The summed E-state index contributed by atoms with van der Waals surface area (Å²) in [4.78, 5) is 22.7. The van der Waals surface area contributed by atoms with Crippen molar-refractivity contribution >= 4 is 11.9 Å². The molecule has 0 aliphatic heterocycles. The molecule has 2 N–H and O–H groups in total. The maximum atomic E-state index is 12.0. The van der Waals surface area contributed by atoms with Crippen LogP contribution in [0.25, 0.3) is 0 Å². The number of carboxylic acids is 1. The first-order valence-electron chi connectivity index (χ1n) is 6.18. The monoisotopic (exact) mass is 273 g/mol. The van der Waals surface area contributed by atoms with Crippen molar-refractivity contribution in [2.24, 2.45) is 0 Å². The van der Waals surface area contributed by atoms with Gasteiger partial charge in [-0.2, -0.15) is 5.10 Å². The normalized spacial score (nSPS) is 11.8. The van der Waals surface area contributed by atoms with Crippen LogP contribution in [0, 0.1) is 0 Å². The Morgan fingerprint density at radius 2 is 1.95 bits per heavy atom. The smallest absolute Gasteiger partial charge is 0.335 e. The number of benzene rings is 1. The number of nitrogens with one attached hydrogen (secondary N) is 1. The van der Waals surface area contributed by atoms with Gasteiger partial charge in [0.15, 0.2) is 0 Å². The van der Waals surface area contributed by atoms with E-state index in [4.69, 9.17) is 5.11 Å². The number of amides is 1. The van der Waals surface area contributed by atoms with E-state index in [-0.39, 0.29) is 17.5 Å². The number of nitrogens with zero attached hydrogens (tertiary/aromatic N) is 2. The molecule has 0 saturated carbocycles. The van der Waals surface area contributed by atoms with Gasteiger partial charge in [-0.25, -0.2) is 4.79 Å². The first kappa shape index (κ1) is 13.8. The third-order valence-corrected chi connectivity index (χ3v) is 2.79. The molecule has 6 heteroatoms. The number of hydrogen-bond donors (Lipinski definition) is 2. The molecule has 0 aliphatic carbocycles. The molecule has 1 heterocycles. The van der Waals surface area contributed by atoms with Crippen LogP contribution in [0.2, 0.25) is 0 Å². The van der Waals surface area contributed by atoms with E-state index in [1.54, 1.807) is 10.9 Å². The Bertz CT molecular complexity index is 591. The SMILES string of the molecule is CC(Cn1cccn1)NC(=O)c1ccc(C(=O)O)cc1. The first-order valence-corrected chi connectivity index (χ1v) is 6.18. The van der Waals surface area contributed by atoms with Crippen LogP contribution < -0.4 is 5.32 Å². The highest BCUT2D eigenvalue weighted by Gasteiger charge is 2.11. The van der Waals surface area contributed by atoms with Crippen LogP contribution in [0.4, 0.5) is 0 Å².